The van der Waals surface area contributed by atoms with Crippen LogP contribution in [0.25, 0.3) is 10.9 Å². The van der Waals surface area contributed by atoms with Crippen LogP contribution in [0.4, 0.5) is 4.39 Å². The van der Waals surface area contributed by atoms with Crippen LogP contribution >= 0.6 is 0 Å². The normalized spacial score (nSPS) is 10.6. The lowest BCUT2D eigenvalue weighted by Crippen LogP contribution is -2.06. The van der Waals surface area contributed by atoms with E-state index in [2.05, 4.69) is 9.97 Å². The van der Waals surface area contributed by atoms with Crippen molar-refractivity contribution in [2.75, 3.05) is 0 Å². The zero-order valence-corrected chi connectivity index (χ0v) is 8.57. The van der Waals surface area contributed by atoms with Crippen molar-refractivity contribution in [1.29, 1.82) is 0 Å². The number of aliphatic carboxylic acids is 1. The number of nitrogens with zero attached hydrogens (tertiary/aromatic N) is 2. The summed E-state index contributed by atoms with van der Waals surface area (Å²) in [7, 11) is 0. The van der Waals surface area contributed by atoms with Gasteiger partial charge in [0, 0.05) is 5.39 Å². The lowest BCUT2D eigenvalue weighted by atomic mass is 10.1. The quantitative estimate of drug-likeness (QED) is 0.836. The summed E-state index contributed by atoms with van der Waals surface area (Å²) in [4.78, 5) is 18.6. The van der Waals surface area contributed by atoms with Gasteiger partial charge in [0.25, 0.3) is 0 Å². The van der Waals surface area contributed by atoms with E-state index in [1.165, 1.54) is 12.1 Å². The number of aromatic nitrogens is 2. The van der Waals surface area contributed by atoms with Gasteiger partial charge in [0.1, 0.15) is 17.2 Å². The van der Waals surface area contributed by atoms with E-state index in [-0.39, 0.29) is 11.9 Å². The minimum atomic E-state index is -0.997. The molecular formula is C11H9FN2O2. The van der Waals surface area contributed by atoms with Crippen molar-refractivity contribution in [3.05, 3.63) is 35.5 Å². The number of hydrogen-bond donors (Lipinski definition) is 1. The van der Waals surface area contributed by atoms with Gasteiger partial charge in [-0.3, -0.25) is 4.79 Å². The first-order valence-electron chi connectivity index (χ1n) is 4.71. The van der Waals surface area contributed by atoms with Crippen molar-refractivity contribution in [1.82, 2.24) is 9.97 Å². The first-order chi connectivity index (χ1) is 7.58. The van der Waals surface area contributed by atoms with Gasteiger partial charge in [-0.1, -0.05) is 12.1 Å². The third-order valence-electron chi connectivity index (χ3n) is 2.19. The highest BCUT2D eigenvalue weighted by molar-refractivity contribution is 5.85. The highest BCUT2D eigenvalue weighted by Gasteiger charge is 2.11. The van der Waals surface area contributed by atoms with E-state index in [0.29, 0.717) is 16.9 Å². The van der Waals surface area contributed by atoms with Crippen molar-refractivity contribution >= 4 is 16.9 Å². The topological polar surface area (TPSA) is 63.1 Å². The minimum Gasteiger partial charge on any atom is -0.481 e. The van der Waals surface area contributed by atoms with E-state index in [1.807, 2.05) is 0 Å². The van der Waals surface area contributed by atoms with Crippen LogP contribution in [0.15, 0.2) is 18.2 Å². The Morgan fingerprint density at radius 3 is 2.88 bits per heavy atom. The summed E-state index contributed by atoms with van der Waals surface area (Å²) < 4.78 is 13.4. The molecule has 0 radical (unpaired) electrons. The molecule has 1 N–H and O–H groups in total. The monoisotopic (exact) mass is 220 g/mol. The summed E-state index contributed by atoms with van der Waals surface area (Å²) in [5.74, 6) is -1.09. The molecule has 1 aromatic carbocycles. The number of rotatable bonds is 2. The van der Waals surface area contributed by atoms with Gasteiger partial charge >= 0.3 is 5.97 Å². The average Bonchev–Trinajstić information content (AvgIpc) is 2.18. The van der Waals surface area contributed by atoms with Crippen LogP contribution in [-0.4, -0.2) is 21.0 Å². The van der Waals surface area contributed by atoms with E-state index >= 15 is 0 Å². The van der Waals surface area contributed by atoms with Crippen molar-refractivity contribution in [2.45, 2.75) is 13.3 Å². The third kappa shape index (κ3) is 1.84. The first-order valence-corrected chi connectivity index (χ1v) is 4.71. The van der Waals surface area contributed by atoms with Gasteiger partial charge in [-0.2, -0.15) is 0 Å². The maximum Gasteiger partial charge on any atom is 0.309 e. The van der Waals surface area contributed by atoms with Crippen LogP contribution in [0.3, 0.4) is 0 Å². The van der Waals surface area contributed by atoms with Crippen molar-refractivity contribution in [2.24, 2.45) is 0 Å². The molecule has 4 nitrogen and oxygen atoms in total. The van der Waals surface area contributed by atoms with Gasteiger partial charge in [0.2, 0.25) is 0 Å². The second-order valence-electron chi connectivity index (χ2n) is 3.42. The summed E-state index contributed by atoms with van der Waals surface area (Å²) in [5.41, 5.74) is 0.515. The number of fused-ring (bicyclic) bond motifs is 1. The molecule has 2 rings (SSSR count). The molecule has 82 valence electrons. The Morgan fingerprint density at radius 1 is 1.44 bits per heavy atom. The second-order valence-corrected chi connectivity index (χ2v) is 3.42. The SMILES string of the molecule is Cc1nc(CC(=O)O)c2cccc(F)c2n1. The summed E-state index contributed by atoms with van der Waals surface area (Å²) in [6.45, 7) is 1.61. The Hall–Kier alpha value is -2.04. The number of carboxylic acids is 1. The van der Waals surface area contributed by atoms with Crippen molar-refractivity contribution in [3.63, 3.8) is 0 Å². The van der Waals surface area contributed by atoms with Crippen LogP contribution in [0, 0.1) is 12.7 Å². The Kier molecular flexibility index (Phi) is 2.52. The maximum atomic E-state index is 13.4. The molecule has 0 atom stereocenters. The predicted molar refractivity (Wildman–Crippen MR) is 55.6 cm³/mol. The van der Waals surface area contributed by atoms with Gasteiger partial charge in [-0.15, -0.1) is 0 Å². The van der Waals surface area contributed by atoms with E-state index < -0.39 is 11.8 Å². The number of carboxylic acid groups (broad SMARTS) is 1. The Bertz CT molecular complexity index is 569. The smallest absolute Gasteiger partial charge is 0.309 e. The van der Waals surface area contributed by atoms with E-state index in [1.54, 1.807) is 13.0 Å². The van der Waals surface area contributed by atoms with Gasteiger partial charge in [-0.05, 0) is 13.0 Å². The zero-order chi connectivity index (χ0) is 11.7. The third-order valence-corrected chi connectivity index (χ3v) is 2.19. The van der Waals surface area contributed by atoms with Gasteiger partial charge in [0.15, 0.2) is 0 Å². The molecule has 0 saturated heterocycles. The van der Waals surface area contributed by atoms with E-state index in [9.17, 15) is 9.18 Å². The molecule has 0 saturated carbocycles. The molecular weight excluding hydrogens is 211 g/mol. The zero-order valence-electron chi connectivity index (χ0n) is 8.57. The predicted octanol–water partition coefficient (Wildman–Crippen LogP) is 1.70. The molecule has 0 aliphatic heterocycles. The summed E-state index contributed by atoms with van der Waals surface area (Å²) >= 11 is 0. The van der Waals surface area contributed by atoms with E-state index in [4.69, 9.17) is 5.11 Å². The molecule has 0 fully saturated rings. The molecule has 0 aliphatic rings. The second kappa shape index (κ2) is 3.84. The van der Waals surface area contributed by atoms with Crippen LogP contribution < -0.4 is 0 Å². The fourth-order valence-electron chi connectivity index (χ4n) is 1.58. The Morgan fingerprint density at radius 2 is 2.19 bits per heavy atom. The average molecular weight is 220 g/mol. The summed E-state index contributed by atoms with van der Waals surface area (Å²) in [6.07, 6.45) is -0.233. The van der Waals surface area contributed by atoms with Gasteiger partial charge in [-0.25, -0.2) is 14.4 Å². The first kappa shape index (κ1) is 10.5. The standard InChI is InChI=1S/C11H9FN2O2/c1-6-13-9(5-10(15)16)7-3-2-4-8(12)11(7)14-6/h2-4H,5H2,1H3,(H,15,16). The van der Waals surface area contributed by atoms with Crippen molar-refractivity contribution in [3.8, 4) is 0 Å². The fourth-order valence-corrected chi connectivity index (χ4v) is 1.58. The molecule has 1 heterocycles. The number of aryl methyl sites for hydroxylation is 1. The number of para-hydroxylation sites is 1. The molecule has 0 bridgehead atoms. The molecule has 1 aromatic heterocycles. The van der Waals surface area contributed by atoms with Gasteiger partial charge < -0.3 is 5.11 Å². The highest BCUT2D eigenvalue weighted by Crippen LogP contribution is 2.19. The Balaban J connectivity index is 2.72. The molecule has 0 aliphatic carbocycles. The van der Waals surface area contributed by atoms with Crippen LogP contribution in [0.2, 0.25) is 0 Å². The number of halogens is 1. The lowest BCUT2D eigenvalue weighted by Gasteiger charge is -2.05. The lowest BCUT2D eigenvalue weighted by molar-refractivity contribution is -0.136. The summed E-state index contributed by atoms with van der Waals surface area (Å²) in [5, 5.41) is 9.18. The van der Waals surface area contributed by atoms with Crippen LogP contribution in [0.5, 0.6) is 0 Å². The molecule has 16 heavy (non-hydrogen) atoms. The van der Waals surface area contributed by atoms with Crippen LogP contribution in [0.1, 0.15) is 11.5 Å². The molecule has 2 aromatic rings. The number of carbonyl (C=O) groups is 1. The van der Waals surface area contributed by atoms with E-state index in [0.717, 1.165) is 0 Å². The summed E-state index contributed by atoms with van der Waals surface area (Å²) in [6, 6.07) is 4.43. The molecule has 0 unspecified atom stereocenters. The minimum absolute atomic E-state index is 0.172. The number of benzene rings is 1. The maximum absolute atomic E-state index is 13.4. The van der Waals surface area contributed by atoms with Gasteiger partial charge in [0.05, 0.1) is 12.1 Å². The fraction of sp³-hybridized carbons (Fsp3) is 0.182. The van der Waals surface area contributed by atoms with Crippen LogP contribution in [-0.2, 0) is 11.2 Å². The largest absolute Gasteiger partial charge is 0.481 e. The van der Waals surface area contributed by atoms with Crippen molar-refractivity contribution < 1.29 is 14.3 Å². The number of hydrogen-bond acceptors (Lipinski definition) is 3. The highest BCUT2D eigenvalue weighted by atomic mass is 19.1. The molecule has 0 spiro atoms. The Labute approximate surface area is 90.8 Å². The molecule has 5 heteroatoms. The molecule has 0 amide bonds.